The number of benzene rings is 1. The van der Waals surface area contributed by atoms with E-state index in [0.29, 0.717) is 59.9 Å². The third kappa shape index (κ3) is 5.53. The summed E-state index contributed by atoms with van der Waals surface area (Å²) < 4.78 is 62.9. The molecule has 4 aromatic heterocycles. The zero-order valence-electron chi connectivity index (χ0n) is 29.4. The third-order valence-electron chi connectivity index (χ3n) is 7.54. The fourth-order valence-electron chi connectivity index (χ4n) is 5.02. The molecule has 220 valence electrons. The van der Waals surface area contributed by atoms with E-state index in [0.717, 1.165) is 17.7 Å². The first kappa shape index (κ1) is 20.9. The summed E-state index contributed by atoms with van der Waals surface area (Å²) in [7, 11) is 1.53. The van der Waals surface area contributed by atoms with Crippen molar-refractivity contribution in [3.05, 3.63) is 60.4 Å². The number of rotatable bonds is 9. The maximum atomic E-state index is 12.7. The molecule has 0 atom stereocenters. The summed E-state index contributed by atoms with van der Waals surface area (Å²) in [6.45, 7) is -3.77. The number of anilines is 3. The van der Waals surface area contributed by atoms with Gasteiger partial charge in [-0.25, -0.2) is 14.5 Å². The molecule has 1 aromatic carbocycles. The number of ether oxygens (including phenoxy) is 2. The van der Waals surface area contributed by atoms with Crippen LogP contribution in [0.3, 0.4) is 0 Å². The van der Waals surface area contributed by atoms with Gasteiger partial charge in [-0.1, -0.05) is 12.1 Å². The highest BCUT2D eigenvalue weighted by Crippen LogP contribution is 2.34. The zero-order chi connectivity index (χ0) is 34.5. The Morgan fingerprint density at radius 3 is 2.81 bits per heavy atom. The quantitative estimate of drug-likeness (QED) is 0.272. The molecule has 0 spiro atoms. The highest BCUT2D eigenvalue weighted by atomic mass is 16.5. The minimum atomic E-state index is -3.08. The monoisotopic (exact) mass is 585 g/mol. The van der Waals surface area contributed by atoms with Gasteiger partial charge in [0, 0.05) is 56.0 Å². The molecule has 1 saturated carbocycles. The molecule has 12 heteroatoms. The van der Waals surface area contributed by atoms with Crippen molar-refractivity contribution >= 4 is 39.8 Å². The first-order valence-corrected chi connectivity index (χ1v) is 14.0. The number of carbonyl (C=O) groups is 1. The number of amides is 1. The fourth-order valence-corrected chi connectivity index (χ4v) is 5.02. The molecule has 12 nitrogen and oxygen atoms in total. The van der Waals surface area contributed by atoms with E-state index in [2.05, 4.69) is 35.5 Å². The van der Waals surface area contributed by atoms with Gasteiger partial charge in [0.1, 0.15) is 11.3 Å². The van der Waals surface area contributed by atoms with E-state index in [1.54, 1.807) is 36.4 Å². The lowest BCUT2D eigenvalue weighted by atomic mass is 10.1. The van der Waals surface area contributed by atoms with E-state index >= 15 is 0 Å². The second kappa shape index (κ2) is 11.4. The number of nitrogens with one attached hydrogen (secondary N) is 1. The van der Waals surface area contributed by atoms with Gasteiger partial charge in [-0.2, -0.15) is 0 Å². The summed E-state index contributed by atoms with van der Waals surface area (Å²) in [6.07, 6.45) is 3.12. The maximum Gasteiger partial charge on any atom is 0.228 e. The number of fused-ring (bicyclic) bond motifs is 2. The van der Waals surface area contributed by atoms with Crippen LogP contribution in [-0.2, 0) is 16.1 Å². The predicted octanol–water partition coefficient (Wildman–Crippen LogP) is 3.95. The first-order chi connectivity index (χ1) is 23.4. The molecular weight excluding hydrogens is 546 g/mol. The van der Waals surface area contributed by atoms with E-state index < -0.39 is 13.3 Å². The summed E-state index contributed by atoms with van der Waals surface area (Å²) in [5, 5.41) is 16.4. The van der Waals surface area contributed by atoms with Crippen LogP contribution in [0, 0.1) is 5.92 Å². The molecule has 2 fully saturated rings. The second-order valence-electron chi connectivity index (χ2n) is 10.4. The van der Waals surface area contributed by atoms with Gasteiger partial charge in [0.15, 0.2) is 23.1 Å². The molecule has 5 aromatic rings. The van der Waals surface area contributed by atoms with Crippen LogP contribution in [0.4, 0.5) is 17.3 Å². The first-order valence-electron chi connectivity index (χ1n) is 17.0. The molecule has 5 heterocycles. The molecule has 1 amide bonds. The number of nitrogens with zero attached hydrogens (tertiary/aromatic N) is 8. The molecule has 1 N–H and O–H groups in total. The highest BCUT2D eigenvalue weighted by Gasteiger charge is 2.30. The smallest absolute Gasteiger partial charge is 0.228 e. The average molecular weight is 586 g/mol. The molecule has 1 aliphatic carbocycles. The standard InChI is InChI=1S/C31H33N9O3/c1-3-38(18-20-4-9-23(42-2)10-5-20)30-28-24(16-26(35-36-28)33-31(41)21-6-7-21)25(17-32-30)29-34-27-11-8-22(19-40(27)37-29)39-12-14-43-15-13-39/h4-5,8-11,16-17,19,21H,3,6-7,12-15,18H2,1-2H3,(H,33,35,41)/i1D3,3D2,19D. The summed E-state index contributed by atoms with van der Waals surface area (Å²) in [5.41, 5.74) is 2.13. The highest BCUT2D eigenvalue weighted by molar-refractivity contribution is 6.01. The van der Waals surface area contributed by atoms with Gasteiger partial charge < -0.3 is 24.6 Å². The van der Waals surface area contributed by atoms with Crippen LogP contribution < -0.4 is 19.9 Å². The van der Waals surface area contributed by atoms with E-state index in [1.807, 2.05) is 6.07 Å². The van der Waals surface area contributed by atoms with Crippen LogP contribution >= 0.6 is 0 Å². The fraction of sp³-hybridized carbons (Fsp3) is 0.355. The Kier molecular flexibility index (Phi) is 5.57. The average Bonchev–Trinajstić information content (AvgIpc) is 3.86. The molecule has 0 unspecified atom stereocenters. The predicted molar refractivity (Wildman–Crippen MR) is 163 cm³/mol. The van der Waals surface area contributed by atoms with Gasteiger partial charge in [0.05, 0.1) is 33.6 Å². The Morgan fingerprint density at radius 2 is 2.05 bits per heavy atom. The molecular formula is C31H33N9O3. The maximum absolute atomic E-state index is 12.7. The number of pyridine rings is 2. The lowest BCUT2D eigenvalue weighted by molar-refractivity contribution is -0.117. The van der Waals surface area contributed by atoms with Crippen molar-refractivity contribution in [2.45, 2.75) is 26.2 Å². The van der Waals surface area contributed by atoms with Crippen LogP contribution in [-0.4, -0.2) is 75.6 Å². The van der Waals surface area contributed by atoms with E-state index in [9.17, 15) is 4.79 Å². The van der Waals surface area contributed by atoms with Crippen molar-refractivity contribution in [2.75, 3.05) is 55.0 Å². The Bertz CT molecular complexity index is 2030. The molecule has 1 saturated heterocycles. The van der Waals surface area contributed by atoms with Crippen LogP contribution in [0.15, 0.2) is 54.8 Å². The van der Waals surface area contributed by atoms with E-state index in [-0.39, 0.29) is 47.5 Å². The number of methoxy groups -OCH3 is 1. The summed E-state index contributed by atoms with van der Waals surface area (Å²) >= 11 is 0. The van der Waals surface area contributed by atoms with Gasteiger partial charge in [-0.05, 0) is 55.6 Å². The second-order valence-corrected chi connectivity index (χ2v) is 10.4. The van der Waals surface area contributed by atoms with Gasteiger partial charge in [0.2, 0.25) is 5.91 Å². The minimum Gasteiger partial charge on any atom is -0.497 e. The van der Waals surface area contributed by atoms with Crippen LogP contribution in [0.5, 0.6) is 5.75 Å². The molecule has 7 rings (SSSR count). The third-order valence-corrected chi connectivity index (χ3v) is 7.54. The van der Waals surface area contributed by atoms with Gasteiger partial charge >= 0.3 is 0 Å². The van der Waals surface area contributed by atoms with Gasteiger partial charge in [0.25, 0.3) is 0 Å². The summed E-state index contributed by atoms with van der Waals surface area (Å²) in [6, 6.07) is 12.0. The molecule has 2 aliphatic rings. The van der Waals surface area contributed by atoms with Crippen LogP contribution in [0.2, 0.25) is 0 Å². The number of aromatic nitrogens is 6. The van der Waals surface area contributed by atoms with Crippen LogP contribution in [0.1, 0.15) is 33.5 Å². The summed E-state index contributed by atoms with van der Waals surface area (Å²) in [5.74, 6) is 0.564. The van der Waals surface area contributed by atoms with Crippen molar-refractivity contribution in [2.24, 2.45) is 5.92 Å². The Labute approximate surface area is 257 Å². The van der Waals surface area contributed by atoms with Gasteiger partial charge in [-0.3, -0.25) is 4.79 Å². The summed E-state index contributed by atoms with van der Waals surface area (Å²) in [4.78, 5) is 25.0. The molecule has 0 bridgehead atoms. The van der Waals surface area contributed by atoms with Gasteiger partial charge in [-0.15, -0.1) is 15.3 Å². The van der Waals surface area contributed by atoms with Crippen molar-refractivity contribution in [1.29, 1.82) is 0 Å². The lowest BCUT2D eigenvalue weighted by Crippen LogP contribution is -2.36. The number of hydrogen-bond acceptors (Lipinski definition) is 10. The number of hydrogen-bond donors (Lipinski definition) is 1. The Morgan fingerprint density at radius 1 is 1.21 bits per heavy atom. The Balaban J connectivity index is 1.37. The van der Waals surface area contributed by atoms with E-state index in [4.69, 9.17) is 17.7 Å². The van der Waals surface area contributed by atoms with Crippen molar-refractivity contribution in [1.82, 2.24) is 29.8 Å². The Hall–Kier alpha value is -4.84. The van der Waals surface area contributed by atoms with Crippen molar-refractivity contribution < 1.29 is 22.5 Å². The normalized spacial score (nSPS) is 17.8. The van der Waals surface area contributed by atoms with Crippen molar-refractivity contribution in [3.63, 3.8) is 0 Å². The topological polar surface area (TPSA) is 123 Å². The largest absolute Gasteiger partial charge is 0.497 e. The number of carbonyl (C=O) groups excluding carboxylic acids is 1. The SMILES string of the molecule is [2H]c1c(N2CCOCC2)ccc2nc(-c3cnc(N(Cc4ccc(OC)cc4)C([2H])([2H])C([2H])([2H])[2H])c4nnc(NC(=O)C5CC5)cc34)nn12. The molecule has 0 radical (unpaired) electrons. The molecule has 43 heavy (non-hydrogen) atoms. The van der Waals surface area contributed by atoms with Crippen LogP contribution in [0.25, 0.3) is 27.9 Å². The number of morpholine rings is 1. The lowest BCUT2D eigenvalue weighted by Gasteiger charge is -2.28. The zero-order valence-corrected chi connectivity index (χ0v) is 23.4. The van der Waals surface area contributed by atoms with E-state index in [1.165, 1.54) is 17.8 Å². The molecule has 1 aliphatic heterocycles. The minimum absolute atomic E-state index is 0.0718. The van der Waals surface area contributed by atoms with Crippen molar-refractivity contribution in [3.8, 4) is 17.1 Å².